The standard InChI is InChI=1S/C15H25BrN2O2S/c1-6-13(10(2)3)18-21(19,20)14-8-12(9-17-5)7-11(4)15(14)16/h7-8,10,13,17-18H,6,9H2,1-5H3. The average Bonchev–Trinajstić information content (AvgIpc) is 2.39. The molecule has 0 saturated carbocycles. The maximum atomic E-state index is 12.7. The number of benzene rings is 1. The fourth-order valence-electron chi connectivity index (χ4n) is 2.26. The van der Waals surface area contributed by atoms with E-state index in [1.54, 1.807) is 6.07 Å². The zero-order valence-corrected chi connectivity index (χ0v) is 15.7. The lowest BCUT2D eigenvalue weighted by Gasteiger charge is -2.21. The molecule has 0 radical (unpaired) electrons. The van der Waals surface area contributed by atoms with E-state index in [1.165, 1.54) is 0 Å². The Hall–Kier alpha value is -0.430. The Balaban J connectivity index is 3.24. The first-order valence-corrected chi connectivity index (χ1v) is 9.46. The molecule has 0 aliphatic heterocycles. The van der Waals surface area contributed by atoms with Crippen molar-refractivity contribution in [3.05, 3.63) is 27.7 Å². The van der Waals surface area contributed by atoms with Gasteiger partial charge in [0.2, 0.25) is 10.0 Å². The first kappa shape index (κ1) is 18.6. The van der Waals surface area contributed by atoms with Crippen molar-refractivity contribution in [2.45, 2.75) is 51.6 Å². The van der Waals surface area contributed by atoms with Gasteiger partial charge in [-0.15, -0.1) is 0 Å². The molecule has 0 aliphatic rings. The van der Waals surface area contributed by atoms with Crippen molar-refractivity contribution in [1.82, 2.24) is 10.0 Å². The highest BCUT2D eigenvalue weighted by atomic mass is 79.9. The van der Waals surface area contributed by atoms with Gasteiger partial charge in [0.05, 0.1) is 4.90 Å². The first-order chi connectivity index (χ1) is 9.72. The largest absolute Gasteiger partial charge is 0.316 e. The second kappa shape index (κ2) is 7.72. The topological polar surface area (TPSA) is 58.2 Å². The van der Waals surface area contributed by atoms with Crippen LogP contribution in [0.25, 0.3) is 0 Å². The highest BCUT2D eigenvalue weighted by molar-refractivity contribution is 9.10. The monoisotopic (exact) mass is 376 g/mol. The number of sulfonamides is 1. The SMILES string of the molecule is CCC(NS(=O)(=O)c1cc(CNC)cc(C)c1Br)C(C)C. The Morgan fingerprint density at radius 1 is 1.29 bits per heavy atom. The van der Waals surface area contributed by atoms with Crippen LogP contribution in [0.4, 0.5) is 0 Å². The molecule has 6 heteroatoms. The molecule has 0 heterocycles. The Labute approximate surface area is 136 Å². The van der Waals surface area contributed by atoms with E-state index in [4.69, 9.17) is 0 Å². The summed E-state index contributed by atoms with van der Waals surface area (Å²) in [4.78, 5) is 0.312. The fourth-order valence-corrected chi connectivity index (χ4v) is 4.80. The van der Waals surface area contributed by atoms with Gasteiger partial charge in [-0.25, -0.2) is 13.1 Å². The summed E-state index contributed by atoms with van der Waals surface area (Å²) < 4.78 is 28.8. The third kappa shape index (κ3) is 4.77. The highest BCUT2D eigenvalue weighted by Crippen LogP contribution is 2.28. The number of nitrogens with one attached hydrogen (secondary N) is 2. The minimum atomic E-state index is -3.54. The van der Waals surface area contributed by atoms with Crippen molar-refractivity contribution in [3.8, 4) is 0 Å². The van der Waals surface area contributed by atoms with Crippen molar-refractivity contribution in [2.75, 3.05) is 7.05 Å². The quantitative estimate of drug-likeness (QED) is 0.767. The van der Waals surface area contributed by atoms with Crippen LogP contribution in [0.2, 0.25) is 0 Å². The number of hydrogen-bond acceptors (Lipinski definition) is 3. The van der Waals surface area contributed by atoms with E-state index in [0.717, 1.165) is 17.5 Å². The van der Waals surface area contributed by atoms with Crippen molar-refractivity contribution in [2.24, 2.45) is 5.92 Å². The molecule has 2 N–H and O–H groups in total. The first-order valence-electron chi connectivity index (χ1n) is 7.18. The second-order valence-electron chi connectivity index (χ2n) is 5.64. The van der Waals surface area contributed by atoms with Gasteiger partial charge in [0.1, 0.15) is 0 Å². The van der Waals surface area contributed by atoms with Gasteiger partial charge in [-0.1, -0.05) is 26.8 Å². The molecule has 1 atom stereocenters. The van der Waals surface area contributed by atoms with Gasteiger partial charge in [0, 0.05) is 17.1 Å². The van der Waals surface area contributed by atoms with E-state index >= 15 is 0 Å². The molecule has 120 valence electrons. The van der Waals surface area contributed by atoms with Crippen molar-refractivity contribution in [1.29, 1.82) is 0 Å². The molecule has 1 aromatic rings. The molecule has 0 spiro atoms. The summed E-state index contributed by atoms with van der Waals surface area (Å²) in [5.74, 6) is 0.255. The Bertz CT molecular complexity index is 586. The lowest BCUT2D eigenvalue weighted by molar-refractivity contribution is 0.437. The molecule has 0 bridgehead atoms. The second-order valence-corrected chi connectivity index (χ2v) is 8.11. The van der Waals surface area contributed by atoms with Gasteiger partial charge in [-0.2, -0.15) is 0 Å². The van der Waals surface area contributed by atoms with Gasteiger partial charge >= 0.3 is 0 Å². The lowest BCUT2D eigenvalue weighted by Crippen LogP contribution is -2.38. The summed E-state index contributed by atoms with van der Waals surface area (Å²) in [6.45, 7) is 8.58. The molecular formula is C15H25BrN2O2S. The smallest absolute Gasteiger partial charge is 0.241 e. The van der Waals surface area contributed by atoms with Crippen molar-refractivity contribution < 1.29 is 8.42 Å². The lowest BCUT2D eigenvalue weighted by atomic mass is 10.0. The molecule has 1 rings (SSSR count). The third-order valence-electron chi connectivity index (χ3n) is 3.50. The maximum Gasteiger partial charge on any atom is 0.241 e. The van der Waals surface area contributed by atoms with Crippen LogP contribution in [-0.4, -0.2) is 21.5 Å². The molecule has 0 amide bonds. The Kier molecular flexibility index (Phi) is 6.84. The number of aryl methyl sites for hydroxylation is 1. The van der Waals surface area contributed by atoms with Crippen LogP contribution < -0.4 is 10.0 Å². The minimum absolute atomic E-state index is 0.0600. The van der Waals surface area contributed by atoms with Crippen LogP contribution in [0.5, 0.6) is 0 Å². The van der Waals surface area contributed by atoms with Crippen LogP contribution >= 0.6 is 15.9 Å². The van der Waals surface area contributed by atoms with Crippen molar-refractivity contribution in [3.63, 3.8) is 0 Å². The Morgan fingerprint density at radius 2 is 1.90 bits per heavy atom. The van der Waals surface area contributed by atoms with Crippen LogP contribution in [0.15, 0.2) is 21.5 Å². The molecule has 0 fully saturated rings. The van der Waals surface area contributed by atoms with E-state index in [9.17, 15) is 8.42 Å². The number of hydrogen-bond donors (Lipinski definition) is 2. The van der Waals surface area contributed by atoms with E-state index in [-0.39, 0.29) is 12.0 Å². The van der Waals surface area contributed by atoms with E-state index < -0.39 is 10.0 Å². The van der Waals surface area contributed by atoms with E-state index in [2.05, 4.69) is 26.0 Å². The zero-order chi connectivity index (χ0) is 16.2. The summed E-state index contributed by atoms with van der Waals surface area (Å²) >= 11 is 3.41. The summed E-state index contributed by atoms with van der Waals surface area (Å²) in [7, 11) is -1.69. The summed E-state index contributed by atoms with van der Waals surface area (Å²) in [6.07, 6.45) is 0.768. The molecule has 0 aromatic heterocycles. The van der Waals surface area contributed by atoms with Crippen LogP contribution in [-0.2, 0) is 16.6 Å². The number of halogens is 1. The molecular weight excluding hydrogens is 352 g/mol. The predicted molar refractivity (Wildman–Crippen MR) is 90.9 cm³/mol. The van der Waals surface area contributed by atoms with Gasteiger partial charge in [0.25, 0.3) is 0 Å². The van der Waals surface area contributed by atoms with Gasteiger partial charge in [0.15, 0.2) is 0 Å². The molecule has 21 heavy (non-hydrogen) atoms. The van der Waals surface area contributed by atoms with Gasteiger partial charge in [-0.05, 0) is 59.4 Å². The average molecular weight is 377 g/mol. The molecule has 1 aromatic carbocycles. The zero-order valence-electron chi connectivity index (χ0n) is 13.3. The summed E-state index contributed by atoms with van der Waals surface area (Å²) in [5, 5.41) is 3.05. The van der Waals surface area contributed by atoms with Gasteiger partial charge in [-0.3, -0.25) is 0 Å². The van der Waals surface area contributed by atoms with Crippen LogP contribution in [0.3, 0.4) is 0 Å². The summed E-state index contributed by atoms with van der Waals surface area (Å²) in [5.41, 5.74) is 1.87. The third-order valence-corrected chi connectivity index (χ3v) is 6.33. The molecule has 0 saturated heterocycles. The maximum absolute atomic E-state index is 12.7. The van der Waals surface area contributed by atoms with Crippen molar-refractivity contribution >= 4 is 26.0 Å². The highest BCUT2D eigenvalue weighted by Gasteiger charge is 2.24. The predicted octanol–water partition coefficient (Wildman–Crippen LogP) is 3.19. The van der Waals surface area contributed by atoms with E-state index in [1.807, 2.05) is 40.8 Å². The van der Waals surface area contributed by atoms with Crippen LogP contribution in [0.1, 0.15) is 38.3 Å². The fraction of sp³-hybridized carbons (Fsp3) is 0.600. The minimum Gasteiger partial charge on any atom is -0.316 e. The van der Waals surface area contributed by atoms with Crippen LogP contribution in [0, 0.1) is 12.8 Å². The molecule has 4 nitrogen and oxygen atoms in total. The van der Waals surface area contributed by atoms with E-state index in [0.29, 0.717) is 15.9 Å². The molecule has 1 unspecified atom stereocenters. The Morgan fingerprint density at radius 3 is 2.38 bits per heavy atom. The normalized spacial score (nSPS) is 13.7. The van der Waals surface area contributed by atoms with Gasteiger partial charge < -0.3 is 5.32 Å². The molecule has 0 aliphatic carbocycles. The summed E-state index contributed by atoms with van der Waals surface area (Å²) in [6, 6.07) is 3.65. The number of rotatable bonds is 7.